The molecule has 1 aromatic rings. The van der Waals surface area contributed by atoms with Gasteiger partial charge in [0.05, 0.1) is 12.7 Å². The van der Waals surface area contributed by atoms with Crippen LogP contribution in [-0.2, 0) is 6.42 Å². The molecule has 0 fully saturated rings. The minimum atomic E-state index is -0.447. The van der Waals surface area contributed by atoms with Crippen LogP contribution in [0.25, 0.3) is 6.08 Å². The normalized spacial score (nSPS) is 13.1. The van der Waals surface area contributed by atoms with E-state index in [0.29, 0.717) is 17.7 Å². The smallest absolute Gasteiger partial charge is 0.252 e. The minimum absolute atomic E-state index is 0.447. The van der Waals surface area contributed by atoms with Crippen molar-refractivity contribution in [2.75, 3.05) is 7.11 Å². The summed E-state index contributed by atoms with van der Waals surface area (Å²) in [6.07, 6.45) is 8.55. The number of hydrogen-bond donors (Lipinski definition) is 1. The molecule has 2 N–H and O–H groups in total. The Kier molecular flexibility index (Phi) is 2.77. The van der Waals surface area contributed by atoms with E-state index in [4.69, 9.17) is 10.5 Å². The average molecular weight is 215 g/mol. The van der Waals surface area contributed by atoms with Gasteiger partial charge in [-0.3, -0.25) is 4.79 Å². The standard InChI is InChI=1S/C13H13NO2/c1-16-11-8-7-9-5-3-2-4-6-10(9)12(11)13(14)15/h2-5,7-8H,6H2,1H3,(H2,14,15). The minimum Gasteiger partial charge on any atom is -0.496 e. The van der Waals surface area contributed by atoms with Crippen LogP contribution in [0, 0.1) is 0 Å². The van der Waals surface area contributed by atoms with Crippen LogP contribution in [0.1, 0.15) is 21.5 Å². The number of hydrogen-bond acceptors (Lipinski definition) is 2. The van der Waals surface area contributed by atoms with E-state index >= 15 is 0 Å². The Balaban J connectivity index is 2.67. The van der Waals surface area contributed by atoms with Crippen LogP contribution in [0.2, 0.25) is 0 Å². The maximum atomic E-state index is 11.5. The van der Waals surface area contributed by atoms with Gasteiger partial charge in [-0.05, 0) is 23.6 Å². The molecule has 1 aliphatic rings. The molecular weight excluding hydrogens is 202 g/mol. The number of fused-ring (bicyclic) bond motifs is 1. The largest absolute Gasteiger partial charge is 0.496 e. The first-order chi connectivity index (χ1) is 7.74. The number of allylic oxidation sites excluding steroid dienone is 3. The van der Waals surface area contributed by atoms with Gasteiger partial charge < -0.3 is 10.5 Å². The van der Waals surface area contributed by atoms with E-state index in [0.717, 1.165) is 11.1 Å². The zero-order chi connectivity index (χ0) is 11.5. The number of nitrogens with two attached hydrogens (primary N) is 1. The van der Waals surface area contributed by atoms with Crippen LogP contribution < -0.4 is 10.5 Å². The van der Waals surface area contributed by atoms with Crippen LogP contribution >= 0.6 is 0 Å². The van der Waals surface area contributed by atoms with Crippen molar-refractivity contribution in [3.8, 4) is 5.75 Å². The fourth-order valence-electron chi connectivity index (χ4n) is 1.88. The third-order valence-electron chi connectivity index (χ3n) is 2.62. The van der Waals surface area contributed by atoms with E-state index in [9.17, 15) is 4.79 Å². The van der Waals surface area contributed by atoms with Crippen molar-refractivity contribution in [1.82, 2.24) is 0 Å². The average Bonchev–Trinajstić information content (AvgIpc) is 2.51. The summed E-state index contributed by atoms with van der Waals surface area (Å²) < 4.78 is 5.16. The van der Waals surface area contributed by atoms with Crippen molar-refractivity contribution in [3.05, 3.63) is 47.1 Å². The third-order valence-corrected chi connectivity index (χ3v) is 2.62. The van der Waals surface area contributed by atoms with Gasteiger partial charge in [-0.1, -0.05) is 30.4 Å². The Labute approximate surface area is 94.2 Å². The third kappa shape index (κ3) is 1.72. The van der Waals surface area contributed by atoms with Gasteiger partial charge in [-0.2, -0.15) is 0 Å². The molecule has 1 aliphatic carbocycles. The fourth-order valence-corrected chi connectivity index (χ4v) is 1.88. The number of methoxy groups -OCH3 is 1. The number of carbonyl (C=O) groups excluding carboxylic acids is 1. The molecule has 0 aromatic heterocycles. The van der Waals surface area contributed by atoms with Crippen LogP contribution in [0.3, 0.4) is 0 Å². The summed E-state index contributed by atoms with van der Waals surface area (Å²) >= 11 is 0. The van der Waals surface area contributed by atoms with Crippen molar-refractivity contribution < 1.29 is 9.53 Å². The maximum Gasteiger partial charge on any atom is 0.252 e. The molecule has 82 valence electrons. The highest BCUT2D eigenvalue weighted by Crippen LogP contribution is 2.28. The summed E-state index contributed by atoms with van der Waals surface area (Å²) in [6.45, 7) is 0. The zero-order valence-electron chi connectivity index (χ0n) is 9.07. The lowest BCUT2D eigenvalue weighted by molar-refractivity contribution is 0.0996. The quantitative estimate of drug-likeness (QED) is 0.819. The number of carbonyl (C=O) groups is 1. The first-order valence-electron chi connectivity index (χ1n) is 5.07. The van der Waals surface area contributed by atoms with Crippen LogP contribution in [-0.4, -0.2) is 13.0 Å². The summed E-state index contributed by atoms with van der Waals surface area (Å²) in [7, 11) is 1.54. The molecule has 0 saturated carbocycles. The predicted octanol–water partition coefficient (Wildman–Crippen LogP) is 1.92. The second-order valence-electron chi connectivity index (χ2n) is 3.57. The molecule has 0 bridgehead atoms. The van der Waals surface area contributed by atoms with Gasteiger partial charge in [0.1, 0.15) is 5.75 Å². The van der Waals surface area contributed by atoms with E-state index in [1.54, 1.807) is 6.07 Å². The SMILES string of the molecule is COc1ccc2c(c1C(N)=O)CC=CC=C2. The molecule has 0 heterocycles. The first kappa shape index (κ1) is 10.5. The summed E-state index contributed by atoms with van der Waals surface area (Å²) in [6, 6.07) is 3.71. The molecule has 0 spiro atoms. The van der Waals surface area contributed by atoms with Gasteiger partial charge in [0, 0.05) is 0 Å². The molecule has 0 radical (unpaired) electrons. The van der Waals surface area contributed by atoms with Crippen molar-refractivity contribution in [3.63, 3.8) is 0 Å². The second-order valence-corrected chi connectivity index (χ2v) is 3.57. The monoisotopic (exact) mass is 215 g/mol. The Bertz CT molecular complexity index is 487. The van der Waals surface area contributed by atoms with Gasteiger partial charge in [0.2, 0.25) is 0 Å². The van der Waals surface area contributed by atoms with Gasteiger partial charge in [0.25, 0.3) is 5.91 Å². The summed E-state index contributed by atoms with van der Waals surface area (Å²) in [5, 5.41) is 0. The Hall–Kier alpha value is -2.03. The number of primary amides is 1. The highest BCUT2D eigenvalue weighted by molar-refractivity contribution is 5.98. The topological polar surface area (TPSA) is 52.3 Å². The number of benzene rings is 1. The van der Waals surface area contributed by atoms with Crippen molar-refractivity contribution >= 4 is 12.0 Å². The zero-order valence-corrected chi connectivity index (χ0v) is 9.07. The van der Waals surface area contributed by atoms with Crippen LogP contribution in [0.5, 0.6) is 5.75 Å². The van der Waals surface area contributed by atoms with Gasteiger partial charge in [-0.25, -0.2) is 0 Å². The Morgan fingerprint density at radius 1 is 1.38 bits per heavy atom. The molecule has 2 rings (SSSR count). The molecule has 3 nitrogen and oxygen atoms in total. The maximum absolute atomic E-state index is 11.5. The number of amides is 1. The molecule has 3 heteroatoms. The number of ether oxygens (including phenoxy) is 1. The van der Waals surface area contributed by atoms with Crippen molar-refractivity contribution in [2.24, 2.45) is 5.73 Å². The van der Waals surface area contributed by atoms with Crippen LogP contribution in [0.15, 0.2) is 30.4 Å². The highest BCUT2D eigenvalue weighted by Gasteiger charge is 2.16. The number of rotatable bonds is 2. The molecular formula is C13H13NO2. The molecule has 1 amide bonds. The van der Waals surface area contributed by atoms with E-state index < -0.39 is 5.91 Å². The summed E-state index contributed by atoms with van der Waals surface area (Å²) in [5.41, 5.74) is 7.82. The predicted molar refractivity (Wildman–Crippen MR) is 63.4 cm³/mol. The van der Waals surface area contributed by atoms with Gasteiger partial charge >= 0.3 is 0 Å². The Morgan fingerprint density at radius 2 is 2.19 bits per heavy atom. The molecule has 0 saturated heterocycles. The van der Waals surface area contributed by atoms with E-state index in [2.05, 4.69) is 0 Å². The lowest BCUT2D eigenvalue weighted by Crippen LogP contribution is -2.16. The van der Waals surface area contributed by atoms with E-state index in [-0.39, 0.29) is 0 Å². The first-order valence-corrected chi connectivity index (χ1v) is 5.07. The van der Waals surface area contributed by atoms with Crippen molar-refractivity contribution in [2.45, 2.75) is 6.42 Å². The Morgan fingerprint density at radius 3 is 2.88 bits per heavy atom. The highest BCUT2D eigenvalue weighted by atomic mass is 16.5. The lowest BCUT2D eigenvalue weighted by atomic mass is 9.97. The molecule has 1 aromatic carbocycles. The summed E-state index contributed by atoms with van der Waals surface area (Å²) in [4.78, 5) is 11.5. The molecule has 16 heavy (non-hydrogen) atoms. The van der Waals surface area contributed by atoms with Gasteiger partial charge in [0.15, 0.2) is 0 Å². The van der Waals surface area contributed by atoms with Gasteiger partial charge in [-0.15, -0.1) is 0 Å². The van der Waals surface area contributed by atoms with Crippen molar-refractivity contribution in [1.29, 1.82) is 0 Å². The fraction of sp³-hybridized carbons (Fsp3) is 0.154. The molecule has 0 unspecified atom stereocenters. The van der Waals surface area contributed by atoms with E-state index in [1.165, 1.54) is 7.11 Å². The lowest BCUT2D eigenvalue weighted by Gasteiger charge is -2.12. The molecule has 0 atom stereocenters. The van der Waals surface area contributed by atoms with Crippen LogP contribution in [0.4, 0.5) is 0 Å². The summed E-state index contributed by atoms with van der Waals surface area (Å²) in [5.74, 6) is 0.0901. The molecule has 0 aliphatic heterocycles. The second kappa shape index (κ2) is 4.23. The van der Waals surface area contributed by atoms with E-state index in [1.807, 2.05) is 30.4 Å².